The number of rotatable bonds is 5. The maximum absolute atomic E-state index is 9.87. The van der Waals surface area contributed by atoms with Gasteiger partial charge in [0.05, 0.1) is 26.5 Å². The maximum atomic E-state index is 9.87. The summed E-state index contributed by atoms with van der Waals surface area (Å²) in [4.78, 5) is 16.3. The van der Waals surface area contributed by atoms with Crippen LogP contribution in [0.4, 0.5) is 5.82 Å². The van der Waals surface area contributed by atoms with E-state index in [0.717, 1.165) is 56.3 Å². The van der Waals surface area contributed by atoms with Crippen LogP contribution in [0.3, 0.4) is 0 Å². The fourth-order valence-corrected chi connectivity index (χ4v) is 4.90. The summed E-state index contributed by atoms with van der Waals surface area (Å²) >= 11 is 7.69. The van der Waals surface area contributed by atoms with Crippen LogP contribution in [-0.2, 0) is 11.3 Å². The molecule has 0 amide bonds. The van der Waals surface area contributed by atoms with E-state index in [-0.39, 0.29) is 6.61 Å². The summed E-state index contributed by atoms with van der Waals surface area (Å²) in [5.74, 6) is 1.13. The van der Waals surface area contributed by atoms with Crippen molar-refractivity contribution in [3.63, 3.8) is 0 Å². The third-order valence-electron chi connectivity index (χ3n) is 5.49. The van der Waals surface area contributed by atoms with Crippen LogP contribution in [0.5, 0.6) is 5.88 Å². The normalized spacial score (nSPS) is 18.6. The molecule has 9 heteroatoms. The van der Waals surface area contributed by atoms with E-state index in [1.165, 1.54) is 18.9 Å². The number of halogens is 1. The smallest absolute Gasteiger partial charge is 0.233 e. The minimum absolute atomic E-state index is 0.158. The number of aromatic nitrogens is 3. The zero-order chi connectivity index (χ0) is 19.6. The van der Waals surface area contributed by atoms with Gasteiger partial charge in [-0.25, -0.2) is 15.0 Å². The zero-order valence-electron chi connectivity index (χ0n) is 15.7. The SMILES string of the molecule is COc1nccc(Sc2cnc(N3CCC4(CCOC4)CC3)c(CO)n2)c1Cl. The number of hydrogen-bond acceptors (Lipinski definition) is 8. The van der Waals surface area contributed by atoms with E-state index < -0.39 is 0 Å². The highest BCUT2D eigenvalue weighted by Crippen LogP contribution is 2.41. The summed E-state index contributed by atoms with van der Waals surface area (Å²) in [5, 5.41) is 11.0. The van der Waals surface area contributed by atoms with Crippen LogP contribution in [0.1, 0.15) is 25.0 Å². The Morgan fingerprint density at radius 2 is 2.14 bits per heavy atom. The quantitative estimate of drug-likeness (QED) is 0.786. The molecule has 0 bridgehead atoms. The third-order valence-corrected chi connectivity index (χ3v) is 6.93. The van der Waals surface area contributed by atoms with E-state index in [9.17, 15) is 5.11 Å². The minimum atomic E-state index is -0.158. The molecule has 4 heterocycles. The standard InChI is InChI=1S/C19H23ClN4O3S/c1-26-18-16(20)14(2-6-21-18)28-15-10-22-17(13(11-25)23-15)24-7-3-19(4-8-24)5-9-27-12-19/h2,6,10,25H,3-5,7-9,11-12H2,1H3. The second kappa shape index (κ2) is 8.41. The number of aliphatic hydroxyl groups excluding tert-OH is 1. The fraction of sp³-hybridized carbons (Fsp3) is 0.526. The van der Waals surface area contributed by atoms with Crippen molar-refractivity contribution in [3.8, 4) is 5.88 Å². The number of methoxy groups -OCH3 is 1. The lowest BCUT2D eigenvalue weighted by atomic mass is 9.78. The van der Waals surface area contributed by atoms with E-state index in [4.69, 9.17) is 21.1 Å². The van der Waals surface area contributed by atoms with E-state index in [1.54, 1.807) is 18.5 Å². The fourth-order valence-electron chi connectivity index (χ4n) is 3.80. The van der Waals surface area contributed by atoms with Gasteiger partial charge in [0.15, 0.2) is 5.82 Å². The van der Waals surface area contributed by atoms with Crippen LogP contribution in [-0.4, -0.2) is 53.5 Å². The van der Waals surface area contributed by atoms with Gasteiger partial charge in [-0.05, 0) is 30.7 Å². The van der Waals surface area contributed by atoms with Crippen LogP contribution in [0.25, 0.3) is 0 Å². The van der Waals surface area contributed by atoms with Crippen LogP contribution >= 0.6 is 23.4 Å². The van der Waals surface area contributed by atoms with E-state index >= 15 is 0 Å². The molecule has 0 aromatic carbocycles. The first-order valence-corrected chi connectivity index (χ1v) is 10.5. The molecule has 2 aliphatic heterocycles. The molecule has 0 saturated carbocycles. The molecule has 2 saturated heterocycles. The van der Waals surface area contributed by atoms with Gasteiger partial charge in [-0.2, -0.15) is 0 Å². The number of hydrogen-bond donors (Lipinski definition) is 1. The Kier molecular flexibility index (Phi) is 5.91. The van der Waals surface area contributed by atoms with Crippen molar-refractivity contribution in [3.05, 3.63) is 29.2 Å². The van der Waals surface area contributed by atoms with Crippen molar-refractivity contribution in [2.75, 3.05) is 38.3 Å². The Labute approximate surface area is 173 Å². The van der Waals surface area contributed by atoms with Gasteiger partial charge >= 0.3 is 0 Å². The van der Waals surface area contributed by atoms with Gasteiger partial charge in [-0.1, -0.05) is 23.4 Å². The highest BCUT2D eigenvalue weighted by atomic mass is 35.5. The summed E-state index contributed by atoms with van der Waals surface area (Å²) < 4.78 is 10.8. The molecule has 7 nitrogen and oxygen atoms in total. The van der Waals surface area contributed by atoms with Crippen LogP contribution in [0.2, 0.25) is 5.02 Å². The second-order valence-electron chi connectivity index (χ2n) is 7.16. The van der Waals surface area contributed by atoms with Gasteiger partial charge in [0.1, 0.15) is 15.7 Å². The molecule has 1 spiro atoms. The molecular formula is C19H23ClN4O3S. The van der Waals surface area contributed by atoms with Gasteiger partial charge in [0.2, 0.25) is 5.88 Å². The molecule has 1 N–H and O–H groups in total. The molecule has 0 unspecified atom stereocenters. The number of nitrogens with zero attached hydrogens (tertiary/aromatic N) is 4. The monoisotopic (exact) mass is 422 g/mol. The second-order valence-corrected chi connectivity index (χ2v) is 8.60. The first-order valence-electron chi connectivity index (χ1n) is 9.30. The van der Waals surface area contributed by atoms with Crippen molar-refractivity contribution in [2.24, 2.45) is 5.41 Å². The molecule has 2 aromatic rings. The Morgan fingerprint density at radius 3 is 2.82 bits per heavy atom. The lowest BCUT2D eigenvalue weighted by Gasteiger charge is -2.39. The minimum Gasteiger partial charge on any atom is -0.480 e. The highest BCUT2D eigenvalue weighted by Gasteiger charge is 2.38. The molecule has 150 valence electrons. The van der Waals surface area contributed by atoms with Crippen molar-refractivity contribution < 1.29 is 14.6 Å². The number of anilines is 1. The molecule has 2 aliphatic rings. The first-order chi connectivity index (χ1) is 13.6. The number of pyridine rings is 1. The van der Waals surface area contributed by atoms with Crippen LogP contribution in [0, 0.1) is 5.41 Å². The largest absolute Gasteiger partial charge is 0.480 e. The van der Waals surface area contributed by atoms with Crippen LogP contribution in [0.15, 0.2) is 28.4 Å². The molecule has 0 atom stereocenters. The van der Waals surface area contributed by atoms with Crippen molar-refractivity contribution in [2.45, 2.75) is 35.8 Å². The van der Waals surface area contributed by atoms with Crippen molar-refractivity contribution in [1.82, 2.24) is 15.0 Å². The number of ether oxygens (including phenoxy) is 2. The van der Waals surface area contributed by atoms with Gasteiger partial charge in [0.25, 0.3) is 0 Å². The zero-order valence-corrected chi connectivity index (χ0v) is 17.3. The third kappa shape index (κ3) is 3.91. The molecule has 4 rings (SSSR count). The molecule has 2 fully saturated rings. The van der Waals surface area contributed by atoms with Gasteiger partial charge in [-0.3, -0.25) is 0 Å². The average Bonchev–Trinajstić information content (AvgIpc) is 3.18. The lowest BCUT2D eigenvalue weighted by molar-refractivity contribution is 0.133. The van der Waals surface area contributed by atoms with E-state index in [0.29, 0.717) is 27.0 Å². The van der Waals surface area contributed by atoms with Crippen molar-refractivity contribution in [1.29, 1.82) is 0 Å². The Morgan fingerprint density at radius 1 is 1.32 bits per heavy atom. The number of aliphatic hydroxyl groups is 1. The predicted molar refractivity (Wildman–Crippen MR) is 107 cm³/mol. The summed E-state index contributed by atoms with van der Waals surface area (Å²) in [5.41, 5.74) is 0.914. The summed E-state index contributed by atoms with van der Waals surface area (Å²) in [7, 11) is 1.53. The summed E-state index contributed by atoms with van der Waals surface area (Å²) in [6.07, 6.45) is 6.68. The Hall–Kier alpha value is -1.61. The van der Waals surface area contributed by atoms with E-state index in [2.05, 4.69) is 19.9 Å². The van der Waals surface area contributed by atoms with E-state index in [1.807, 2.05) is 0 Å². The molecule has 0 radical (unpaired) electrons. The lowest BCUT2D eigenvalue weighted by Crippen LogP contribution is -2.41. The van der Waals surface area contributed by atoms with Gasteiger partial charge < -0.3 is 19.5 Å². The summed E-state index contributed by atoms with van der Waals surface area (Å²) in [6, 6.07) is 1.80. The molecule has 28 heavy (non-hydrogen) atoms. The van der Waals surface area contributed by atoms with Gasteiger partial charge in [-0.15, -0.1) is 0 Å². The Bertz CT molecular complexity index is 838. The predicted octanol–water partition coefficient (Wildman–Crippen LogP) is 3.18. The van der Waals surface area contributed by atoms with Crippen LogP contribution < -0.4 is 9.64 Å². The topological polar surface area (TPSA) is 80.6 Å². The molecule has 2 aromatic heterocycles. The molecule has 0 aliphatic carbocycles. The number of piperidine rings is 1. The van der Waals surface area contributed by atoms with Gasteiger partial charge in [0, 0.05) is 30.8 Å². The Balaban J connectivity index is 1.51. The first kappa shape index (κ1) is 19.7. The maximum Gasteiger partial charge on any atom is 0.233 e. The average molecular weight is 423 g/mol. The highest BCUT2D eigenvalue weighted by molar-refractivity contribution is 7.99. The summed E-state index contributed by atoms with van der Waals surface area (Å²) in [6.45, 7) is 3.39. The molecular weight excluding hydrogens is 400 g/mol. The van der Waals surface area contributed by atoms with Crippen molar-refractivity contribution >= 4 is 29.2 Å².